The number of hydrogen-bond acceptors (Lipinski definition) is 4. The van der Waals surface area contributed by atoms with Gasteiger partial charge >= 0.3 is 11.9 Å². The van der Waals surface area contributed by atoms with Gasteiger partial charge in [0.2, 0.25) is 0 Å². The molecule has 2 rings (SSSR count). The summed E-state index contributed by atoms with van der Waals surface area (Å²) < 4.78 is 4.55. The van der Waals surface area contributed by atoms with Crippen LogP contribution in [0.5, 0.6) is 5.75 Å². The number of benzene rings is 2. The van der Waals surface area contributed by atoms with Crippen LogP contribution in [0.4, 0.5) is 5.69 Å². The smallest absolute Gasteiger partial charge is 0.422 e. The zero-order valence-electron chi connectivity index (χ0n) is 12.8. The third-order valence-corrected chi connectivity index (χ3v) is 2.68. The van der Waals surface area contributed by atoms with Gasteiger partial charge in [-0.05, 0) is 31.2 Å². The van der Waals surface area contributed by atoms with Crippen molar-refractivity contribution in [2.24, 2.45) is 0 Å². The van der Waals surface area contributed by atoms with Crippen molar-refractivity contribution in [2.45, 2.75) is 6.92 Å². The number of carbonyl (C=O) groups is 2. The zero-order chi connectivity index (χ0) is 16.5. The van der Waals surface area contributed by atoms with Gasteiger partial charge in [-0.25, -0.2) is 9.59 Å². The van der Waals surface area contributed by atoms with E-state index in [0.29, 0.717) is 0 Å². The van der Waals surface area contributed by atoms with Gasteiger partial charge in [0.1, 0.15) is 5.75 Å². The average Bonchev–Trinajstić information content (AvgIpc) is 2.49. The second-order valence-electron chi connectivity index (χ2n) is 4.74. The molecule has 22 heavy (non-hydrogen) atoms. The van der Waals surface area contributed by atoms with E-state index in [0.717, 1.165) is 5.69 Å². The molecule has 0 aliphatic carbocycles. The molecule has 0 aliphatic heterocycles. The Balaban J connectivity index is 0.000000287. The molecule has 0 unspecified atom stereocenters. The van der Waals surface area contributed by atoms with E-state index in [1.165, 1.54) is 17.7 Å². The molecule has 0 aromatic heterocycles. The van der Waals surface area contributed by atoms with E-state index in [-0.39, 0.29) is 5.75 Å². The van der Waals surface area contributed by atoms with Crippen molar-refractivity contribution in [3.05, 3.63) is 60.2 Å². The number of nitrogens with zero attached hydrogens (tertiary/aromatic N) is 1. The molecule has 0 fully saturated rings. The van der Waals surface area contributed by atoms with Crippen molar-refractivity contribution in [1.82, 2.24) is 0 Å². The maximum atomic E-state index is 10.7. The van der Waals surface area contributed by atoms with E-state index in [1.54, 1.807) is 12.1 Å². The van der Waals surface area contributed by atoms with Gasteiger partial charge in [-0.2, -0.15) is 0 Å². The molecular formula is C17H19NO4. The molecule has 0 spiro atoms. The SMILES string of the molecule is CN(C)c1ccc(OC(=O)C(=O)O)cc1.Cc1ccccc1. The lowest BCUT2D eigenvalue weighted by atomic mass is 10.2. The third-order valence-electron chi connectivity index (χ3n) is 2.68. The van der Waals surface area contributed by atoms with Crippen LogP contribution in [-0.4, -0.2) is 31.1 Å². The first-order valence-electron chi connectivity index (χ1n) is 6.64. The van der Waals surface area contributed by atoms with Crippen LogP contribution in [0, 0.1) is 6.92 Å². The van der Waals surface area contributed by atoms with Crippen molar-refractivity contribution in [2.75, 3.05) is 19.0 Å². The molecule has 116 valence electrons. The fourth-order valence-electron chi connectivity index (χ4n) is 1.50. The molecular weight excluding hydrogens is 282 g/mol. The highest BCUT2D eigenvalue weighted by Crippen LogP contribution is 2.17. The summed E-state index contributed by atoms with van der Waals surface area (Å²) in [7, 11) is 3.75. The second-order valence-corrected chi connectivity index (χ2v) is 4.74. The molecule has 2 aromatic rings. The summed E-state index contributed by atoms with van der Waals surface area (Å²) in [5.41, 5.74) is 2.26. The summed E-state index contributed by atoms with van der Waals surface area (Å²) in [6.45, 7) is 2.08. The van der Waals surface area contributed by atoms with Crippen LogP contribution >= 0.6 is 0 Å². The Hall–Kier alpha value is -2.82. The summed E-state index contributed by atoms with van der Waals surface area (Å²) >= 11 is 0. The van der Waals surface area contributed by atoms with Gasteiger partial charge in [0.15, 0.2) is 0 Å². The van der Waals surface area contributed by atoms with Gasteiger partial charge < -0.3 is 14.7 Å². The Kier molecular flexibility index (Phi) is 6.63. The van der Waals surface area contributed by atoms with Crippen molar-refractivity contribution >= 4 is 17.6 Å². The number of esters is 1. The number of aryl methyl sites for hydroxylation is 1. The van der Waals surface area contributed by atoms with Gasteiger partial charge in [0.25, 0.3) is 0 Å². The van der Waals surface area contributed by atoms with E-state index in [2.05, 4.69) is 23.8 Å². The zero-order valence-corrected chi connectivity index (χ0v) is 12.8. The summed E-state index contributed by atoms with van der Waals surface area (Å²) in [5.74, 6) is -2.67. The molecule has 0 bridgehead atoms. The number of hydrogen-bond donors (Lipinski definition) is 1. The Morgan fingerprint density at radius 3 is 1.86 bits per heavy atom. The predicted octanol–water partition coefficient (Wildman–Crippen LogP) is 2.74. The van der Waals surface area contributed by atoms with E-state index >= 15 is 0 Å². The van der Waals surface area contributed by atoms with Gasteiger partial charge in [-0.1, -0.05) is 35.9 Å². The number of ether oxygens (including phenoxy) is 1. The topological polar surface area (TPSA) is 66.8 Å². The standard InChI is InChI=1S/C10H11NO4.C7H8/c1-11(2)7-3-5-8(6-4-7)15-10(14)9(12)13;1-7-5-3-2-4-6-7/h3-6H,1-2H3,(H,12,13);2-6H,1H3. The van der Waals surface area contributed by atoms with Gasteiger partial charge in [-0.15, -0.1) is 0 Å². The van der Waals surface area contributed by atoms with Crippen LogP contribution in [0.1, 0.15) is 5.56 Å². The van der Waals surface area contributed by atoms with Crippen LogP contribution in [0.2, 0.25) is 0 Å². The first kappa shape index (κ1) is 17.2. The van der Waals surface area contributed by atoms with Crippen LogP contribution in [0.25, 0.3) is 0 Å². The summed E-state index contributed by atoms with van der Waals surface area (Å²) in [5, 5.41) is 8.30. The van der Waals surface area contributed by atoms with Crippen LogP contribution < -0.4 is 9.64 Å². The normalized spacial score (nSPS) is 9.23. The third kappa shape index (κ3) is 6.09. The minimum Gasteiger partial charge on any atom is -0.473 e. The average molecular weight is 301 g/mol. The molecule has 1 N–H and O–H groups in total. The molecule has 0 aliphatic rings. The van der Waals surface area contributed by atoms with Gasteiger partial charge in [-0.3, -0.25) is 0 Å². The first-order chi connectivity index (χ1) is 10.4. The number of anilines is 1. The van der Waals surface area contributed by atoms with Crippen LogP contribution in [0.15, 0.2) is 54.6 Å². The highest BCUT2D eigenvalue weighted by Gasteiger charge is 2.13. The van der Waals surface area contributed by atoms with Crippen LogP contribution in [0.3, 0.4) is 0 Å². The molecule has 5 heteroatoms. The summed E-state index contributed by atoms with van der Waals surface area (Å²) in [4.78, 5) is 22.8. The number of carboxylic acid groups (broad SMARTS) is 1. The lowest BCUT2D eigenvalue weighted by molar-refractivity contribution is -0.158. The fraction of sp³-hybridized carbons (Fsp3) is 0.176. The number of carbonyl (C=O) groups excluding carboxylic acids is 1. The highest BCUT2D eigenvalue weighted by molar-refractivity contribution is 6.29. The van der Waals surface area contributed by atoms with Crippen LogP contribution in [-0.2, 0) is 9.59 Å². The Morgan fingerprint density at radius 2 is 1.50 bits per heavy atom. The number of rotatable bonds is 2. The maximum absolute atomic E-state index is 10.7. The molecule has 0 saturated heterocycles. The Morgan fingerprint density at radius 1 is 0.955 bits per heavy atom. The largest absolute Gasteiger partial charge is 0.473 e. The van der Waals surface area contributed by atoms with Crippen molar-refractivity contribution in [3.8, 4) is 5.75 Å². The molecule has 5 nitrogen and oxygen atoms in total. The molecule has 0 amide bonds. The van der Waals surface area contributed by atoms with E-state index in [9.17, 15) is 9.59 Å². The van der Waals surface area contributed by atoms with Crippen molar-refractivity contribution in [3.63, 3.8) is 0 Å². The fourth-order valence-corrected chi connectivity index (χ4v) is 1.50. The van der Waals surface area contributed by atoms with E-state index in [4.69, 9.17) is 5.11 Å². The molecule has 0 atom stereocenters. The minimum atomic E-state index is -1.60. The quantitative estimate of drug-likeness (QED) is 0.525. The maximum Gasteiger partial charge on any atom is 0.422 e. The lowest BCUT2D eigenvalue weighted by Crippen LogP contribution is -2.19. The summed E-state index contributed by atoms with van der Waals surface area (Å²) in [6, 6.07) is 16.8. The van der Waals surface area contributed by atoms with Gasteiger partial charge in [0.05, 0.1) is 0 Å². The van der Waals surface area contributed by atoms with E-state index < -0.39 is 11.9 Å². The van der Waals surface area contributed by atoms with Gasteiger partial charge in [0, 0.05) is 19.8 Å². The lowest BCUT2D eigenvalue weighted by Gasteiger charge is -2.12. The van der Waals surface area contributed by atoms with Crippen molar-refractivity contribution < 1.29 is 19.4 Å². The van der Waals surface area contributed by atoms with E-state index in [1.807, 2.05) is 37.2 Å². The first-order valence-corrected chi connectivity index (χ1v) is 6.64. The molecule has 0 radical (unpaired) electrons. The van der Waals surface area contributed by atoms with Crippen molar-refractivity contribution in [1.29, 1.82) is 0 Å². The number of carboxylic acids is 1. The molecule has 0 heterocycles. The Bertz CT molecular complexity index is 606. The predicted molar refractivity (Wildman–Crippen MR) is 85.2 cm³/mol. The Labute approximate surface area is 129 Å². The molecule has 2 aromatic carbocycles. The molecule has 0 saturated carbocycles. The second kappa shape index (κ2) is 8.46. The highest BCUT2D eigenvalue weighted by atomic mass is 16.6. The summed E-state index contributed by atoms with van der Waals surface area (Å²) in [6.07, 6.45) is 0. The monoisotopic (exact) mass is 301 g/mol. The minimum absolute atomic E-state index is 0.216. The number of aliphatic carboxylic acids is 1.